The molecule has 0 aliphatic heterocycles. The molecule has 0 bridgehead atoms. The first-order valence-corrected chi connectivity index (χ1v) is 4.61. The molecule has 2 nitrogen and oxygen atoms in total. The SMILES string of the molecule is CCC(Cc1ccccc1F)C(=O)O. The highest BCUT2D eigenvalue weighted by atomic mass is 19.1. The van der Waals surface area contributed by atoms with Crippen molar-refractivity contribution in [1.82, 2.24) is 0 Å². The monoisotopic (exact) mass is 196 g/mol. The van der Waals surface area contributed by atoms with Crippen molar-refractivity contribution >= 4 is 5.97 Å². The Balaban J connectivity index is 2.77. The van der Waals surface area contributed by atoms with E-state index in [1.54, 1.807) is 25.1 Å². The van der Waals surface area contributed by atoms with Gasteiger partial charge in [0.15, 0.2) is 0 Å². The zero-order chi connectivity index (χ0) is 10.6. The Morgan fingerprint density at radius 3 is 2.64 bits per heavy atom. The molecule has 1 aromatic rings. The number of hydrogen-bond donors (Lipinski definition) is 1. The topological polar surface area (TPSA) is 37.3 Å². The lowest BCUT2D eigenvalue weighted by molar-refractivity contribution is -0.141. The van der Waals surface area contributed by atoms with Crippen molar-refractivity contribution in [2.75, 3.05) is 0 Å². The second-order valence-corrected chi connectivity index (χ2v) is 3.24. The van der Waals surface area contributed by atoms with E-state index in [4.69, 9.17) is 5.11 Å². The van der Waals surface area contributed by atoms with Gasteiger partial charge in [-0.05, 0) is 24.5 Å². The van der Waals surface area contributed by atoms with E-state index in [0.717, 1.165) is 0 Å². The highest BCUT2D eigenvalue weighted by Gasteiger charge is 2.16. The molecule has 0 amide bonds. The molecular weight excluding hydrogens is 183 g/mol. The van der Waals surface area contributed by atoms with Gasteiger partial charge in [0.25, 0.3) is 0 Å². The molecule has 3 heteroatoms. The van der Waals surface area contributed by atoms with E-state index >= 15 is 0 Å². The van der Waals surface area contributed by atoms with Crippen LogP contribution in [-0.2, 0) is 11.2 Å². The minimum Gasteiger partial charge on any atom is -0.481 e. The fourth-order valence-electron chi connectivity index (χ4n) is 1.34. The van der Waals surface area contributed by atoms with E-state index in [9.17, 15) is 9.18 Å². The number of hydrogen-bond acceptors (Lipinski definition) is 1. The normalized spacial score (nSPS) is 12.4. The quantitative estimate of drug-likeness (QED) is 0.803. The van der Waals surface area contributed by atoms with Gasteiger partial charge in [0.05, 0.1) is 5.92 Å². The van der Waals surface area contributed by atoms with Crippen LogP contribution in [-0.4, -0.2) is 11.1 Å². The Labute approximate surface area is 82.4 Å². The average molecular weight is 196 g/mol. The summed E-state index contributed by atoms with van der Waals surface area (Å²) in [6, 6.07) is 6.29. The number of aliphatic carboxylic acids is 1. The molecule has 0 fully saturated rings. The molecule has 76 valence electrons. The van der Waals surface area contributed by atoms with Crippen LogP contribution in [0.3, 0.4) is 0 Å². The molecule has 14 heavy (non-hydrogen) atoms. The smallest absolute Gasteiger partial charge is 0.306 e. The van der Waals surface area contributed by atoms with Crippen LogP contribution in [0.4, 0.5) is 4.39 Å². The Kier molecular flexibility index (Phi) is 3.63. The van der Waals surface area contributed by atoms with Gasteiger partial charge in [-0.1, -0.05) is 25.1 Å². The van der Waals surface area contributed by atoms with Crippen LogP contribution < -0.4 is 0 Å². The van der Waals surface area contributed by atoms with E-state index in [1.807, 2.05) is 0 Å². The van der Waals surface area contributed by atoms with Gasteiger partial charge in [0.2, 0.25) is 0 Å². The molecule has 0 aliphatic carbocycles. The molecule has 0 spiro atoms. The van der Waals surface area contributed by atoms with E-state index < -0.39 is 11.9 Å². The highest BCUT2D eigenvalue weighted by Crippen LogP contribution is 2.15. The van der Waals surface area contributed by atoms with Crippen LogP contribution in [0.1, 0.15) is 18.9 Å². The van der Waals surface area contributed by atoms with Gasteiger partial charge in [-0.25, -0.2) is 4.39 Å². The summed E-state index contributed by atoms with van der Waals surface area (Å²) in [4.78, 5) is 10.7. The fourth-order valence-corrected chi connectivity index (χ4v) is 1.34. The van der Waals surface area contributed by atoms with Gasteiger partial charge in [0, 0.05) is 0 Å². The fraction of sp³-hybridized carbons (Fsp3) is 0.364. The van der Waals surface area contributed by atoms with E-state index in [-0.39, 0.29) is 12.2 Å². The first kappa shape index (κ1) is 10.7. The van der Waals surface area contributed by atoms with Crippen molar-refractivity contribution in [2.24, 2.45) is 5.92 Å². The number of carboxylic acid groups (broad SMARTS) is 1. The summed E-state index contributed by atoms with van der Waals surface area (Å²) in [6.07, 6.45) is 0.780. The third-order valence-corrected chi connectivity index (χ3v) is 2.27. The lowest BCUT2D eigenvalue weighted by Gasteiger charge is -2.09. The maximum absolute atomic E-state index is 13.2. The van der Waals surface area contributed by atoms with Gasteiger partial charge in [-0.15, -0.1) is 0 Å². The summed E-state index contributed by atoms with van der Waals surface area (Å²) in [6.45, 7) is 1.79. The largest absolute Gasteiger partial charge is 0.481 e. The molecule has 0 saturated heterocycles. The lowest BCUT2D eigenvalue weighted by Crippen LogP contribution is -2.15. The molecule has 1 N–H and O–H groups in total. The molecule has 0 aromatic heterocycles. The Morgan fingerprint density at radius 2 is 2.14 bits per heavy atom. The maximum atomic E-state index is 13.2. The molecule has 0 heterocycles. The van der Waals surface area contributed by atoms with Crippen molar-refractivity contribution < 1.29 is 14.3 Å². The molecule has 1 aromatic carbocycles. The molecule has 0 saturated carbocycles. The number of benzene rings is 1. The number of carboxylic acids is 1. The summed E-state index contributed by atoms with van der Waals surface area (Å²) in [5, 5.41) is 8.80. The third-order valence-electron chi connectivity index (χ3n) is 2.27. The number of rotatable bonds is 4. The molecular formula is C11H13FO2. The van der Waals surface area contributed by atoms with Gasteiger partial charge < -0.3 is 5.11 Å². The molecule has 1 rings (SSSR count). The molecule has 1 atom stereocenters. The summed E-state index contributed by atoms with van der Waals surface area (Å²) in [5.41, 5.74) is 0.474. The zero-order valence-corrected chi connectivity index (χ0v) is 8.03. The summed E-state index contributed by atoms with van der Waals surface area (Å²) >= 11 is 0. The van der Waals surface area contributed by atoms with Crippen molar-refractivity contribution in [2.45, 2.75) is 19.8 Å². The number of carbonyl (C=O) groups is 1. The third kappa shape index (κ3) is 2.55. The van der Waals surface area contributed by atoms with Crippen LogP contribution in [0.5, 0.6) is 0 Å². The Morgan fingerprint density at radius 1 is 1.50 bits per heavy atom. The predicted molar refractivity (Wildman–Crippen MR) is 51.5 cm³/mol. The standard InChI is InChI=1S/C11H13FO2/c1-2-8(11(13)14)7-9-5-3-4-6-10(9)12/h3-6,8H,2,7H2,1H3,(H,13,14). The lowest BCUT2D eigenvalue weighted by atomic mass is 9.97. The second kappa shape index (κ2) is 4.74. The Hall–Kier alpha value is -1.38. The molecule has 0 radical (unpaired) electrons. The summed E-state index contributed by atoms with van der Waals surface area (Å²) in [5.74, 6) is -1.69. The van der Waals surface area contributed by atoms with Crippen LogP contribution in [0, 0.1) is 11.7 Å². The van der Waals surface area contributed by atoms with Crippen molar-refractivity contribution in [3.8, 4) is 0 Å². The van der Waals surface area contributed by atoms with Crippen LogP contribution in [0.2, 0.25) is 0 Å². The van der Waals surface area contributed by atoms with Gasteiger partial charge in [0.1, 0.15) is 5.82 Å². The Bertz CT molecular complexity index is 323. The first-order chi connectivity index (χ1) is 6.65. The average Bonchev–Trinajstić information content (AvgIpc) is 2.16. The summed E-state index contributed by atoms with van der Waals surface area (Å²) < 4.78 is 13.2. The molecule has 1 unspecified atom stereocenters. The zero-order valence-electron chi connectivity index (χ0n) is 8.03. The van der Waals surface area contributed by atoms with Crippen LogP contribution >= 0.6 is 0 Å². The van der Waals surface area contributed by atoms with Crippen molar-refractivity contribution in [1.29, 1.82) is 0 Å². The van der Waals surface area contributed by atoms with E-state index in [0.29, 0.717) is 12.0 Å². The maximum Gasteiger partial charge on any atom is 0.306 e. The number of halogens is 1. The minimum atomic E-state index is -0.865. The molecule has 0 aliphatic rings. The van der Waals surface area contributed by atoms with Crippen molar-refractivity contribution in [3.63, 3.8) is 0 Å². The van der Waals surface area contributed by atoms with Crippen LogP contribution in [0.25, 0.3) is 0 Å². The second-order valence-electron chi connectivity index (χ2n) is 3.24. The van der Waals surface area contributed by atoms with Gasteiger partial charge in [-0.2, -0.15) is 0 Å². The van der Waals surface area contributed by atoms with Gasteiger partial charge in [-0.3, -0.25) is 4.79 Å². The van der Waals surface area contributed by atoms with E-state index in [1.165, 1.54) is 6.07 Å². The van der Waals surface area contributed by atoms with E-state index in [2.05, 4.69) is 0 Å². The minimum absolute atomic E-state index is 0.262. The highest BCUT2D eigenvalue weighted by molar-refractivity contribution is 5.70. The first-order valence-electron chi connectivity index (χ1n) is 4.61. The van der Waals surface area contributed by atoms with Crippen molar-refractivity contribution in [3.05, 3.63) is 35.6 Å². The summed E-state index contributed by atoms with van der Waals surface area (Å²) in [7, 11) is 0. The van der Waals surface area contributed by atoms with Crippen LogP contribution in [0.15, 0.2) is 24.3 Å². The van der Waals surface area contributed by atoms with Gasteiger partial charge >= 0.3 is 5.97 Å². The predicted octanol–water partition coefficient (Wildman–Crippen LogP) is 2.48.